The normalized spacial score (nSPS) is 19.2. The molecule has 8 heteroatoms. The topological polar surface area (TPSA) is 50.4 Å². The van der Waals surface area contributed by atoms with Crippen molar-refractivity contribution in [3.05, 3.63) is 24.3 Å². The van der Waals surface area contributed by atoms with Gasteiger partial charge in [0.2, 0.25) is 5.91 Å². The highest BCUT2D eigenvalue weighted by Crippen LogP contribution is 2.30. The van der Waals surface area contributed by atoms with Gasteiger partial charge in [-0.3, -0.25) is 10.1 Å². The Morgan fingerprint density at radius 1 is 1.42 bits per heavy atom. The van der Waals surface area contributed by atoms with E-state index in [-0.39, 0.29) is 11.6 Å². The van der Waals surface area contributed by atoms with E-state index in [9.17, 15) is 18.0 Å². The zero-order chi connectivity index (χ0) is 13.9. The molecule has 1 aromatic carbocycles. The Labute approximate surface area is 111 Å². The van der Waals surface area contributed by atoms with Gasteiger partial charge in [-0.05, 0) is 12.1 Å². The Kier molecular flexibility index (Phi) is 4.20. The SMILES string of the molecule is O=C(Nc1ccccc1OC(F)(F)F)C1CSCN1. The highest BCUT2D eigenvalue weighted by atomic mass is 32.2. The second-order valence-corrected chi connectivity index (χ2v) is 4.84. The molecule has 1 unspecified atom stereocenters. The van der Waals surface area contributed by atoms with Crippen molar-refractivity contribution in [2.75, 3.05) is 16.9 Å². The molecule has 0 spiro atoms. The van der Waals surface area contributed by atoms with Crippen LogP contribution >= 0.6 is 11.8 Å². The summed E-state index contributed by atoms with van der Waals surface area (Å²) in [7, 11) is 0. The fourth-order valence-corrected chi connectivity index (χ4v) is 2.51. The monoisotopic (exact) mass is 292 g/mol. The third-order valence-electron chi connectivity index (χ3n) is 2.40. The average molecular weight is 292 g/mol. The van der Waals surface area contributed by atoms with E-state index in [2.05, 4.69) is 15.4 Å². The van der Waals surface area contributed by atoms with E-state index in [1.54, 1.807) is 11.8 Å². The number of para-hydroxylation sites is 2. The molecule has 19 heavy (non-hydrogen) atoms. The van der Waals surface area contributed by atoms with Crippen LogP contribution in [0.25, 0.3) is 0 Å². The summed E-state index contributed by atoms with van der Waals surface area (Å²) in [6.45, 7) is 0. The molecule has 1 atom stereocenters. The molecule has 1 heterocycles. The lowest BCUT2D eigenvalue weighted by atomic mass is 10.2. The molecule has 0 radical (unpaired) electrons. The first kappa shape index (κ1) is 14.0. The van der Waals surface area contributed by atoms with E-state index in [1.165, 1.54) is 18.2 Å². The minimum atomic E-state index is -4.79. The predicted octanol–water partition coefficient (Wildman–Crippen LogP) is 2.19. The second kappa shape index (κ2) is 5.70. The van der Waals surface area contributed by atoms with Crippen molar-refractivity contribution in [2.45, 2.75) is 12.4 Å². The lowest BCUT2D eigenvalue weighted by Gasteiger charge is -2.15. The molecule has 0 saturated carbocycles. The number of nitrogens with one attached hydrogen (secondary N) is 2. The number of amides is 1. The molecule has 4 nitrogen and oxygen atoms in total. The first-order chi connectivity index (χ1) is 8.96. The molecule has 1 aliphatic rings. The molecular formula is C11H11F3N2O2S. The predicted molar refractivity (Wildman–Crippen MR) is 66.0 cm³/mol. The van der Waals surface area contributed by atoms with Crippen LogP contribution < -0.4 is 15.4 Å². The van der Waals surface area contributed by atoms with Crippen LogP contribution in [0.1, 0.15) is 0 Å². The van der Waals surface area contributed by atoms with Gasteiger partial charge >= 0.3 is 6.36 Å². The summed E-state index contributed by atoms with van der Waals surface area (Å²) in [6, 6.07) is 5.04. The Hall–Kier alpha value is -1.41. The average Bonchev–Trinajstić information content (AvgIpc) is 2.83. The number of carbonyl (C=O) groups excluding carboxylic acids is 1. The summed E-state index contributed by atoms with van der Waals surface area (Å²) in [5.74, 6) is 0.449. The number of anilines is 1. The lowest BCUT2D eigenvalue weighted by molar-refractivity contribution is -0.274. The van der Waals surface area contributed by atoms with Crippen LogP contribution in [0.3, 0.4) is 0 Å². The Bertz CT molecular complexity index is 461. The Morgan fingerprint density at radius 3 is 2.79 bits per heavy atom. The summed E-state index contributed by atoms with van der Waals surface area (Å²) in [6.07, 6.45) is -4.79. The molecule has 2 rings (SSSR count). The number of thioether (sulfide) groups is 1. The molecule has 2 N–H and O–H groups in total. The summed E-state index contributed by atoms with van der Waals surface area (Å²) in [4.78, 5) is 11.8. The third kappa shape index (κ3) is 4.03. The highest BCUT2D eigenvalue weighted by molar-refractivity contribution is 7.99. The molecule has 0 aliphatic carbocycles. The number of hydrogen-bond acceptors (Lipinski definition) is 4. The Balaban J connectivity index is 2.09. The number of halogens is 3. The van der Waals surface area contributed by atoms with Crippen LogP contribution in [-0.4, -0.2) is 29.9 Å². The largest absolute Gasteiger partial charge is 0.573 e. The number of benzene rings is 1. The van der Waals surface area contributed by atoms with Gasteiger partial charge in [-0.15, -0.1) is 24.9 Å². The van der Waals surface area contributed by atoms with E-state index in [4.69, 9.17) is 0 Å². The van der Waals surface area contributed by atoms with Gasteiger partial charge in [0.05, 0.1) is 11.7 Å². The van der Waals surface area contributed by atoms with Crippen LogP contribution in [0.15, 0.2) is 24.3 Å². The van der Waals surface area contributed by atoms with Gasteiger partial charge in [-0.2, -0.15) is 0 Å². The fourth-order valence-electron chi connectivity index (χ4n) is 1.57. The standard InChI is InChI=1S/C11H11F3N2O2S/c12-11(13,14)18-9-4-2-1-3-7(9)16-10(17)8-5-19-6-15-8/h1-4,8,15H,5-6H2,(H,16,17). The van der Waals surface area contributed by atoms with Crippen molar-refractivity contribution < 1.29 is 22.7 Å². The summed E-state index contributed by atoms with van der Waals surface area (Å²) >= 11 is 1.55. The molecule has 1 aromatic rings. The van der Waals surface area contributed by atoms with Crippen molar-refractivity contribution in [3.8, 4) is 5.75 Å². The third-order valence-corrected chi connectivity index (χ3v) is 3.34. The van der Waals surface area contributed by atoms with Gasteiger partial charge in [0.25, 0.3) is 0 Å². The van der Waals surface area contributed by atoms with E-state index >= 15 is 0 Å². The maximum Gasteiger partial charge on any atom is 0.573 e. The van der Waals surface area contributed by atoms with Crippen LogP contribution in [0, 0.1) is 0 Å². The van der Waals surface area contributed by atoms with E-state index in [0.717, 1.165) is 6.07 Å². The van der Waals surface area contributed by atoms with Gasteiger partial charge in [-0.1, -0.05) is 12.1 Å². The molecule has 0 bridgehead atoms. The van der Waals surface area contributed by atoms with Gasteiger partial charge in [-0.25, -0.2) is 0 Å². The van der Waals surface area contributed by atoms with E-state index in [0.29, 0.717) is 11.6 Å². The van der Waals surface area contributed by atoms with Crippen molar-refractivity contribution in [1.82, 2.24) is 5.32 Å². The Morgan fingerprint density at radius 2 is 2.16 bits per heavy atom. The molecule has 104 valence electrons. The number of ether oxygens (including phenoxy) is 1. The van der Waals surface area contributed by atoms with Crippen molar-refractivity contribution in [2.24, 2.45) is 0 Å². The molecule has 1 saturated heterocycles. The van der Waals surface area contributed by atoms with Crippen LogP contribution in [-0.2, 0) is 4.79 Å². The number of rotatable bonds is 3. The maximum atomic E-state index is 12.2. The number of alkyl halides is 3. The molecule has 1 fully saturated rings. The zero-order valence-corrected chi connectivity index (χ0v) is 10.5. The minimum absolute atomic E-state index is 0.00326. The van der Waals surface area contributed by atoms with Gasteiger partial charge in [0.1, 0.15) is 0 Å². The summed E-state index contributed by atoms with van der Waals surface area (Å²) in [5, 5.41) is 5.37. The minimum Gasteiger partial charge on any atom is -0.404 e. The van der Waals surface area contributed by atoms with E-state index in [1.807, 2.05) is 0 Å². The zero-order valence-electron chi connectivity index (χ0n) is 9.66. The number of carbonyl (C=O) groups is 1. The van der Waals surface area contributed by atoms with Gasteiger partial charge in [0.15, 0.2) is 5.75 Å². The van der Waals surface area contributed by atoms with Crippen LogP contribution in [0.5, 0.6) is 5.75 Å². The molecule has 0 aromatic heterocycles. The van der Waals surface area contributed by atoms with Crippen molar-refractivity contribution in [3.63, 3.8) is 0 Å². The smallest absolute Gasteiger partial charge is 0.404 e. The second-order valence-electron chi connectivity index (χ2n) is 3.81. The maximum absolute atomic E-state index is 12.2. The first-order valence-corrected chi connectivity index (χ1v) is 6.58. The van der Waals surface area contributed by atoms with Crippen molar-refractivity contribution in [1.29, 1.82) is 0 Å². The first-order valence-electron chi connectivity index (χ1n) is 5.42. The van der Waals surface area contributed by atoms with Gasteiger partial charge in [0, 0.05) is 11.6 Å². The van der Waals surface area contributed by atoms with Crippen LogP contribution in [0.4, 0.5) is 18.9 Å². The van der Waals surface area contributed by atoms with Gasteiger partial charge < -0.3 is 10.1 Å². The molecular weight excluding hydrogens is 281 g/mol. The van der Waals surface area contributed by atoms with E-state index < -0.39 is 18.2 Å². The quantitative estimate of drug-likeness (QED) is 0.896. The summed E-state index contributed by atoms with van der Waals surface area (Å²) in [5.41, 5.74) is 0.00326. The highest BCUT2D eigenvalue weighted by Gasteiger charge is 2.32. The summed E-state index contributed by atoms with van der Waals surface area (Å²) < 4.78 is 40.5. The molecule has 1 amide bonds. The molecule has 1 aliphatic heterocycles. The lowest BCUT2D eigenvalue weighted by Crippen LogP contribution is -2.37. The number of hydrogen-bond donors (Lipinski definition) is 2. The van der Waals surface area contributed by atoms with Crippen LogP contribution in [0.2, 0.25) is 0 Å². The fraction of sp³-hybridized carbons (Fsp3) is 0.364. The van der Waals surface area contributed by atoms with Crippen molar-refractivity contribution >= 4 is 23.4 Å².